The third kappa shape index (κ3) is 5.71. The van der Waals surface area contributed by atoms with E-state index in [4.69, 9.17) is 4.74 Å². The van der Waals surface area contributed by atoms with E-state index < -0.39 is 39.1 Å². The lowest BCUT2D eigenvalue weighted by Crippen LogP contribution is -2.23. The zero-order valence-electron chi connectivity index (χ0n) is 17.5. The number of hydrogen-bond acceptors (Lipinski definition) is 8. The predicted molar refractivity (Wildman–Crippen MR) is 117 cm³/mol. The lowest BCUT2D eigenvalue weighted by atomic mass is 10.2. The zero-order valence-corrected chi connectivity index (χ0v) is 18.3. The summed E-state index contributed by atoms with van der Waals surface area (Å²) in [5, 5.41) is 17.6. The number of non-ortho nitro benzene ring substituents is 1. The van der Waals surface area contributed by atoms with Crippen molar-refractivity contribution in [1.29, 1.82) is 0 Å². The summed E-state index contributed by atoms with van der Waals surface area (Å²) < 4.78 is 34.1. The van der Waals surface area contributed by atoms with Crippen LogP contribution in [0.3, 0.4) is 0 Å². The van der Waals surface area contributed by atoms with Crippen LogP contribution < -0.4 is 10.0 Å². The summed E-state index contributed by atoms with van der Waals surface area (Å²) in [5.74, 6) is -1.14. The fourth-order valence-corrected chi connectivity index (χ4v) is 3.95. The van der Waals surface area contributed by atoms with Gasteiger partial charge < -0.3 is 10.1 Å². The van der Waals surface area contributed by atoms with Gasteiger partial charge in [-0.15, -0.1) is 0 Å². The molecule has 3 aromatic rings. The van der Waals surface area contributed by atoms with E-state index in [0.717, 1.165) is 12.1 Å². The van der Waals surface area contributed by atoms with E-state index in [9.17, 15) is 28.1 Å². The molecular weight excluding hydrogens is 454 g/mol. The largest absolute Gasteiger partial charge is 0.452 e. The van der Waals surface area contributed by atoms with Crippen molar-refractivity contribution in [3.63, 3.8) is 0 Å². The van der Waals surface area contributed by atoms with E-state index >= 15 is 0 Å². The molecule has 1 heterocycles. The van der Waals surface area contributed by atoms with Gasteiger partial charge in [0.05, 0.1) is 26.8 Å². The van der Waals surface area contributed by atoms with Crippen LogP contribution in [0.4, 0.5) is 17.2 Å². The summed E-state index contributed by atoms with van der Waals surface area (Å²) in [6.07, 6.45) is 0. The van der Waals surface area contributed by atoms with E-state index in [0.29, 0.717) is 11.5 Å². The molecule has 2 N–H and O–H groups in total. The van der Waals surface area contributed by atoms with Crippen LogP contribution in [-0.2, 0) is 26.6 Å². The number of aromatic nitrogens is 2. The number of nitro groups is 1. The summed E-state index contributed by atoms with van der Waals surface area (Å²) in [4.78, 5) is 34.5. The Morgan fingerprint density at radius 1 is 1.15 bits per heavy atom. The van der Waals surface area contributed by atoms with Crippen LogP contribution in [-0.4, -0.2) is 41.6 Å². The van der Waals surface area contributed by atoms with Crippen molar-refractivity contribution in [2.24, 2.45) is 7.05 Å². The number of nitrogens with zero attached hydrogens (tertiary/aromatic N) is 3. The third-order valence-corrected chi connectivity index (χ3v) is 5.70. The molecule has 0 bridgehead atoms. The number of esters is 1. The number of nitro benzene ring substituents is 1. The van der Waals surface area contributed by atoms with E-state index in [1.807, 2.05) is 0 Å². The summed E-state index contributed by atoms with van der Waals surface area (Å²) >= 11 is 0. The van der Waals surface area contributed by atoms with Gasteiger partial charge in [-0.1, -0.05) is 18.2 Å². The summed E-state index contributed by atoms with van der Waals surface area (Å²) in [6, 6.07) is 11.7. The molecule has 1 amide bonds. The van der Waals surface area contributed by atoms with Gasteiger partial charge in [0.2, 0.25) is 0 Å². The van der Waals surface area contributed by atoms with Crippen LogP contribution in [0.5, 0.6) is 0 Å². The van der Waals surface area contributed by atoms with Crippen molar-refractivity contribution in [3.8, 4) is 0 Å². The lowest BCUT2D eigenvalue weighted by molar-refractivity contribution is -0.385. The Morgan fingerprint density at radius 2 is 1.88 bits per heavy atom. The molecule has 33 heavy (non-hydrogen) atoms. The van der Waals surface area contributed by atoms with Crippen LogP contribution in [0.2, 0.25) is 0 Å². The number of rotatable bonds is 8. The molecule has 0 unspecified atom stereocenters. The first-order chi connectivity index (χ1) is 15.6. The predicted octanol–water partition coefficient (Wildman–Crippen LogP) is 2.23. The standard InChI is InChI=1S/C20H19N5O7S/c1-13-10-18(24(2)22-13)21-19(26)12-32-20(27)16-8-3-4-9-17(16)23-33(30,31)15-7-5-6-14(11-15)25(28)29/h3-11,23H,12H2,1-2H3,(H,21,26). The highest BCUT2D eigenvalue weighted by molar-refractivity contribution is 7.92. The number of ether oxygens (including phenoxy) is 1. The SMILES string of the molecule is Cc1cc(NC(=O)COC(=O)c2ccccc2NS(=O)(=O)c2cccc([N+](=O)[O-])c2)n(C)n1. The maximum atomic E-state index is 12.7. The van der Waals surface area contributed by atoms with E-state index in [-0.39, 0.29) is 16.1 Å². The van der Waals surface area contributed by atoms with Crippen LogP contribution in [0, 0.1) is 17.0 Å². The number of sulfonamides is 1. The van der Waals surface area contributed by atoms with Crippen molar-refractivity contribution in [2.75, 3.05) is 16.6 Å². The van der Waals surface area contributed by atoms with Gasteiger partial charge in [0.1, 0.15) is 5.82 Å². The minimum atomic E-state index is -4.25. The Bertz CT molecular complexity index is 1330. The minimum absolute atomic E-state index is 0.114. The molecular formula is C20H19N5O7S. The Hall–Kier alpha value is -4.26. The average Bonchev–Trinajstić information content (AvgIpc) is 3.08. The molecule has 0 saturated heterocycles. The van der Waals surface area contributed by atoms with Gasteiger partial charge in [0.15, 0.2) is 6.61 Å². The highest BCUT2D eigenvalue weighted by atomic mass is 32.2. The van der Waals surface area contributed by atoms with E-state index in [1.165, 1.54) is 41.1 Å². The monoisotopic (exact) mass is 473 g/mol. The lowest BCUT2D eigenvalue weighted by Gasteiger charge is -2.12. The van der Waals surface area contributed by atoms with Gasteiger partial charge in [0, 0.05) is 25.2 Å². The van der Waals surface area contributed by atoms with Crippen molar-refractivity contribution in [1.82, 2.24) is 9.78 Å². The molecule has 12 nitrogen and oxygen atoms in total. The summed E-state index contributed by atoms with van der Waals surface area (Å²) in [7, 11) is -2.61. The highest BCUT2D eigenvalue weighted by Gasteiger charge is 2.22. The first-order valence-electron chi connectivity index (χ1n) is 9.41. The summed E-state index contributed by atoms with van der Waals surface area (Å²) in [5.41, 5.74) is 0.0299. The van der Waals surface area contributed by atoms with Gasteiger partial charge in [-0.3, -0.25) is 24.3 Å². The Balaban J connectivity index is 1.72. The Kier molecular flexibility index (Phi) is 6.72. The molecule has 2 aromatic carbocycles. The number of carbonyl (C=O) groups excluding carboxylic acids is 2. The second-order valence-electron chi connectivity index (χ2n) is 6.82. The molecule has 0 aliphatic rings. The first-order valence-corrected chi connectivity index (χ1v) is 10.9. The first kappa shape index (κ1) is 23.4. The van der Waals surface area contributed by atoms with Gasteiger partial charge >= 0.3 is 5.97 Å². The molecule has 0 fully saturated rings. The second-order valence-corrected chi connectivity index (χ2v) is 8.51. The Labute approximate surface area is 188 Å². The Morgan fingerprint density at radius 3 is 2.55 bits per heavy atom. The average molecular weight is 473 g/mol. The van der Waals surface area contributed by atoms with Crippen LogP contribution >= 0.6 is 0 Å². The molecule has 1 aromatic heterocycles. The smallest absolute Gasteiger partial charge is 0.340 e. The highest BCUT2D eigenvalue weighted by Crippen LogP contribution is 2.23. The van der Waals surface area contributed by atoms with Crippen molar-refractivity contribution >= 4 is 39.1 Å². The third-order valence-electron chi connectivity index (χ3n) is 4.33. The molecule has 3 rings (SSSR count). The maximum absolute atomic E-state index is 12.7. The molecule has 0 aliphatic carbocycles. The van der Waals surface area contributed by atoms with Crippen LogP contribution in [0.15, 0.2) is 59.5 Å². The maximum Gasteiger partial charge on any atom is 0.340 e. The number of aryl methyl sites for hydroxylation is 2. The number of carbonyl (C=O) groups is 2. The van der Waals surface area contributed by atoms with Gasteiger partial charge in [-0.25, -0.2) is 13.2 Å². The number of anilines is 2. The zero-order chi connectivity index (χ0) is 24.2. The topological polar surface area (TPSA) is 163 Å². The van der Waals surface area contributed by atoms with Crippen molar-refractivity contribution < 1.29 is 27.7 Å². The van der Waals surface area contributed by atoms with Gasteiger partial charge in [-0.2, -0.15) is 5.10 Å². The molecule has 172 valence electrons. The second kappa shape index (κ2) is 9.48. The van der Waals surface area contributed by atoms with E-state index in [2.05, 4.69) is 15.1 Å². The van der Waals surface area contributed by atoms with Gasteiger partial charge in [-0.05, 0) is 25.1 Å². The van der Waals surface area contributed by atoms with Crippen LogP contribution in [0.25, 0.3) is 0 Å². The number of benzene rings is 2. The molecule has 0 aliphatic heterocycles. The quantitative estimate of drug-likeness (QED) is 0.286. The molecule has 0 spiro atoms. The van der Waals surface area contributed by atoms with Gasteiger partial charge in [0.25, 0.3) is 21.6 Å². The fraction of sp³-hybridized carbons (Fsp3) is 0.150. The van der Waals surface area contributed by atoms with E-state index in [1.54, 1.807) is 20.0 Å². The molecule has 0 saturated carbocycles. The van der Waals surface area contributed by atoms with Crippen molar-refractivity contribution in [2.45, 2.75) is 11.8 Å². The number of para-hydroxylation sites is 1. The molecule has 0 atom stereocenters. The van der Waals surface area contributed by atoms with Crippen molar-refractivity contribution in [3.05, 3.63) is 76.0 Å². The summed E-state index contributed by atoms with van der Waals surface area (Å²) in [6.45, 7) is 1.14. The fourth-order valence-electron chi connectivity index (χ4n) is 2.83. The number of hydrogen-bond donors (Lipinski definition) is 2. The number of nitrogens with one attached hydrogen (secondary N) is 2. The minimum Gasteiger partial charge on any atom is -0.452 e. The number of amides is 1. The molecule has 13 heteroatoms. The normalized spacial score (nSPS) is 11.0. The molecule has 0 radical (unpaired) electrons. The van der Waals surface area contributed by atoms with Crippen LogP contribution in [0.1, 0.15) is 16.1 Å².